The van der Waals surface area contributed by atoms with Crippen LogP contribution in [0.4, 0.5) is 0 Å². The molecule has 154 valence electrons. The van der Waals surface area contributed by atoms with Gasteiger partial charge in [0.2, 0.25) is 5.91 Å². The van der Waals surface area contributed by atoms with Crippen LogP contribution in [0, 0.1) is 6.92 Å². The second-order valence-corrected chi connectivity index (χ2v) is 7.68. The quantitative estimate of drug-likeness (QED) is 0.682. The van der Waals surface area contributed by atoms with E-state index in [1.165, 1.54) is 6.33 Å². The van der Waals surface area contributed by atoms with Gasteiger partial charge in [0.1, 0.15) is 12.7 Å². The molecule has 1 aliphatic heterocycles. The van der Waals surface area contributed by atoms with Gasteiger partial charge in [0, 0.05) is 55.0 Å². The average Bonchev–Trinajstić information content (AvgIpc) is 3.38. The first-order valence-electron chi connectivity index (χ1n) is 10.3. The molecule has 0 unspecified atom stereocenters. The van der Waals surface area contributed by atoms with E-state index in [0.29, 0.717) is 31.6 Å². The molecule has 4 heterocycles. The molecular weight excluding hydrogens is 370 g/mol. The standard InChI is InChI=1S/C20H27N7O2/c1-3-16-14(2)23-18-10-17(24-27(18)20(16)29)15-6-4-8-25(11-15)19(28)7-5-9-26-13-21-12-22-26/h10,12-13,15,24H,3-9,11H2,1-2H3/t15-/m0/s1. The summed E-state index contributed by atoms with van der Waals surface area (Å²) in [6.07, 6.45) is 7.02. The molecule has 29 heavy (non-hydrogen) atoms. The van der Waals surface area contributed by atoms with E-state index >= 15 is 0 Å². The molecule has 9 heteroatoms. The molecule has 1 saturated heterocycles. The van der Waals surface area contributed by atoms with Crippen molar-refractivity contribution in [2.45, 2.75) is 58.4 Å². The molecule has 3 aromatic heterocycles. The number of piperidine rings is 1. The van der Waals surface area contributed by atoms with Gasteiger partial charge >= 0.3 is 0 Å². The fourth-order valence-electron chi connectivity index (χ4n) is 4.16. The molecule has 0 bridgehead atoms. The number of aryl methyl sites for hydroxylation is 2. The number of aromatic amines is 1. The van der Waals surface area contributed by atoms with Gasteiger partial charge in [-0.05, 0) is 32.6 Å². The third kappa shape index (κ3) is 3.94. The molecule has 1 N–H and O–H groups in total. The van der Waals surface area contributed by atoms with Crippen molar-refractivity contribution < 1.29 is 4.79 Å². The highest BCUT2D eigenvalue weighted by Gasteiger charge is 2.26. The number of carbonyl (C=O) groups is 1. The van der Waals surface area contributed by atoms with Crippen LogP contribution < -0.4 is 5.56 Å². The normalized spacial score (nSPS) is 17.2. The summed E-state index contributed by atoms with van der Waals surface area (Å²) >= 11 is 0. The van der Waals surface area contributed by atoms with Crippen LogP contribution in [0.5, 0.6) is 0 Å². The number of hydrogen-bond acceptors (Lipinski definition) is 5. The minimum atomic E-state index is -0.0295. The van der Waals surface area contributed by atoms with E-state index in [4.69, 9.17) is 0 Å². The van der Waals surface area contributed by atoms with Crippen molar-refractivity contribution in [3.8, 4) is 0 Å². The Labute approximate surface area is 168 Å². The number of H-pyrrole nitrogens is 1. The Kier molecular flexibility index (Phi) is 5.46. The van der Waals surface area contributed by atoms with Crippen LogP contribution in [0.3, 0.4) is 0 Å². The lowest BCUT2D eigenvalue weighted by Crippen LogP contribution is -2.39. The van der Waals surface area contributed by atoms with Gasteiger partial charge in [-0.15, -0.1) is 0 Å². The zero-order valence-corrected chi connectivity index (χ0v) is 17.0. The molecule has 1 fully saturated rings. The van der Waals surface area contributed by atoms with Crippen LogP contribution in [0.15, 0.2) is 23.5 Å². The summed E-state index contributed by atoms with van der Waals surface area (Å²) in [6.45, 7) is 6.00. The van der Waals surface area contributed by atoms with Gasteiger partial charge in [-0.1, -0.05) is 6.92 Å². The van der Waals surface area contributed by atoms with Crippen molar-refractivity contribution in [1.29, 1.82) is 0 Å². The van der Waals surface area contributed by atoms with Crippen LogP contribution >= 0.6 is 0 Å². The van der Waals surface area contributed by atoms with Gasteiger partial charge < -0.3 is 4.90 Å². The number of rotatable bonds is 6. The summed E-state index contributed by atoms with van der Waals surface area (Å²) in [6, 6.07) is 1.96. The molecule has 0 radical (unpaired) electrons. The molecule has 0 saturated carbocycles. The first-order chi connectivity index (χ1) is 14.1. The first-order valence-corrected chi connectivity index (χ1v) is 10.3. The van der Waals surface area contributed by atoms with Gasteiger partial charge in [0.25, 0.3) is 5.56 Å². The van der Waals surface area contributed by atoms with E-state index in [1.807, 2.05) is 24.8 Å². The van der Waals surface area contributed by atoms with Gasteiger partial charge in [-0.2, -0.15) is 5.10 Å². The minimum Gasteiger partial charge on any atom is -0.342 e. The first kappa shape index (κ1) is 19.4. The van der Waals surface area contributed by atoms with Crippen LogP contribution in [0.25, 0.3) is 5.65 Å². The SMILES string of the molecule is CCc1c(C)nc2cc([C@H]3CCCN(C(=O)CCCn4cncn4)C3)[nH]n2c1=O. The predicted octanol–water partition coefficient (Wildman–Crippen LogP) is 1.67. The molecule has 1 amide bonds. The number of amides is 1. The molecule has 3 aromatic rings. The van der Waals surface area contributed by atoms with Crippen LogP contribution in [0.2, 0.25) is 0 Å². The summed E-state index contributed by atoms with van der Waals surface area (Å²) in [5, 5.41) is 7.31. The van der Waals surface area contributed by atoms with Crippen molar-refractivity contribution in [3.63, 3.8) is 0 Å². The van der Waals surface area contributed by atoms with Crippen LogP contribution in [-0.2, 0) is 17.8 Å². The largest absolute Gasteiger partial charge is 0.342 e. The lowest BCUT2D eigenvalue weighted by molar-refractivity contribution is -0.132. The second-order valence-electron chi connectivity index (χ2n) is 7.68. The Morgan fingerprint density at radius 2 is 2.24 bits per heavy atom. The Morgan fingerprint density at radius 1 is 1.38 bits per heavy atom. The molecule has 0 aromatic carbocycles. The van der Waals surface area contributed by atoms with E-state index in [9.17, 15) is 9.59 Å². The van der Waals surface area contributed by atoms with Gasteiger partial charge in [0.15, 0.2) is 5.65 Å². The highest BCUT2D eigenvalue weighted by atomic mass is 16.2. The van der Waals surface area contributed by atoms with Crippen molar-refractivity contribution in [2.24, 2.45) is 0 Å². The Balaban J connectivity index is 1.44. The van der Waals surface area contributed by atoms with Crippen LogP contribution in [-0.4, -0.2) is 53.3 Å². The lowest BCUT2D eigenvalue weighted by atomic mass is 9.94. The monoisotopic (exact) mass is 397 g/mol. The highest BCUT2D eigenvalue weighted by Crippen LogP contribution is 2.27. The number of hydrogen-bond donors (Lipinski definition) is 1. The number of nitrogens with zero attached hydrogens (tertiary/aromatic N) is 6. The molecule has 0 spiro atoms. The maximum absolute atomic E-state index is 12.7. The summed E-state index contributed by atoms with van der Waals surface area (Å²) in [5.41, 5.74) is 3.12. The summed E-state index contributed by atoms with van der Waals surface area (Å²) in [5.74, 6) is 0.361. The smallest absolute Gasteiger partial charge is 0.276 e. The van der Waals surface area contributed by atoms with Gasteiger partial charge in [-0.3, -0.25) is 19.4 Å². The molecule has 1 aliphatic rings. The fraction of sp³-hybridized carbons (Fsp3) is 0.550. The number of aromatic nitrogens is 6. The average molecular weight is 397 g/mol. The summed E-state index contributed by atoms with van der Waals surface area (Å²) in [4.78, 5) is 35.8. The lowest BCUT2D eigenvalue weighted by Gasteiger charge is -2.32. The molecule has 4 rings (SSSR count). The van der Waals surface area contributed by atoms with E-state index in [2.05, 4.69) is 20.2 Å². The molecular formula is C20H27N7O2. The maximum atomic E-state index is 12.7. The zero-order valence-electron chi connectivity index (χ0n) is 17.0. The number of likely N-dealkylation sites (tertiary alicyclic amines) is 1. The van der Waals surface area contributed by atoms with Crippen molar-refractivity contribution >= 4 is 11.6 Å². The second kappa shape index (κ2) is 8.18. The van der Waals surface area contributed by atoms with Crippen molar-refractivity contribution in [3.05, 3.63) is 46.0 Å². The zero-order chi connectivity index (χ0) is 20.4. The maximum Gasteiger partial charge on any atom is 0.276 e. The van der Waals surface area contributed by atoms with E-state index in [0.717, 1.165) is 42.8 Å². The Morgan fingerprint density at radius 3 is 3.00 bits per heavy atom. The van der Waals surface area contributed by atoms with Crippen molar-refractivity contribution in [1.82, 2.24) is 34.3 Å². The summed E-state index contributed by atoms with van der Waals surface area (Å²) in [7, 11) is 0. The van der Waals surface area contributed by atoms with Gasteiger partial charge in [0.05, 0.1) is 0 Å². The third-order valence-corrected chi connectivity index (χ3v) is 5.75. The minimum absolute atomic E-state index is 0.0295. The highest BCUT2D eigenvalue weighted by molar-refractivity contribution is 5.76. The molecule has 0 aliphatic carbocycles. The number of fused-ring (bicyclic) bond motifs is 1. The number of carbonyl (C=O) groups excluding carboxylic acids is 1. The third-order valence-electron chi connectivity index (χ3n) is 5.75. The molecule has 1 atom stereocenters. The van der Waals surface area contributed by atoms with E-state index < -0.39 is 0 Å². The molecule has 9 nitrogen and oxygen atoms in total. The summed E-state index contributed by atoms with van der Waals surface area (Å²) < 4.78 is 3.29. The number of nitrogens with one attached hydrogen (secondary N) is 1. The Hall–Kier alpha value is -2.97. The van der Waals surface area contributed by atoms with Gasteiger partial charge in [-0.25, -0.2) is 14.5 Å². The van der Waals surface area contributed by atoms with Crippen LogP contribution in [0.1, 0.15) is 55.5 Å². The van der Waals surface area contributed by atoms with E-state index in [-0.39, 0.29) is 17.4 Å². The fourth-order valence-corrected chi connectivity index (χ4v) is 4.16. The Bertz CT molecular complexity index is 1050. The topological polar surface area (TPSA) is 101 Å². The van der Waals surface area contributed by atoms with E-state index in [1.54, 1.807) is 15.5 Å². The predicted molar refractivity (Wildman–Crippen MR) is 108 cm³/mol. The van der Waals surface area contributed by atoms with Crippen molar-refractivity contribution in [2.75, 3.05) is 13.1 Å².